The molecule has 1 heterocycles. The molecule has 15 heavy (non-hydrogen) atoms. The molecule has 0 amide bonds. The van der Waals surface area contributed by atoms with Crippen LogP contribution in [0.3, 0.4) is 0 Å². The molecule has 2 rings (SSSR count). The van der Waals surface area contributed by atoms with Crippen LogP contribution in [-0.2, 0) is 4.74 Å². The first kappa shape index (κ1) is 9.79. The Bertz CT molecular complexity index is 413. The highest BCUT2D eigenvalue weighted by Gasteiger charge is 2.33. The minimum absolute atomic E-state index is 0.0745. The molecule has 0 aliphatic carbocycles. The minimum Gasteiger partial charge on any atom is -0.508 e. The average Bonchev–Trinajstić information content (AvgIpc) is 2.42. The van der Waals surface area contributed by atoms with Crippen LogP contribution in [0.1, 0.15) is 29.1 Å². The van der Waals surface area contributed by atoms with E-state index in [2.05, 4.69) is 4.74 Å². The number of fused-ring (bicyclic) bond motifs is 1. The SMILES string of the molecule is CCOc1cc(O)cc2c1C(=O)OC2O. The van der Waals surface area contributed by atoms with Gasteiger partial charge in [0.05, 0.1) is 6.61 Å². The van der Waals surface area contributed by atoms with Crippen LogP contribution in [0.2, 0.25) is 0 Å². The number of benzene rings is 1. The number of cyclic esters (lactones) is 1. The van der Waals surface area contributed by atoms with Gasteiger partial charge in [0.1, 0.15) is 17.1 Å². The van der Waals surface area contributed by atoms with Gasteiger partial charge in [-0.1, -0.05) is 0 Å². The highest BCUT2D eigenvalue weighted by atomic mass is 16.6. The Morgan fingerprint density at radius 1 is 1.53 bits per heavy atom. The Kier molecular flexibility index (Phi) is 2.24. The second kappa shape index (κ2) is 3.43. The summed E-state index contributed by atoms with van der Waals surface area (Å²) < 4.78 is 9.78. The summed E-state index contributed by atoms with van der Waals surface area (Å²) in [6, 6.07) is 2.61. The summed E-state index contributed by atoms with van der Waals surface area (Å²) in [5.74, 6) is -0.482. The highest BCUT2D eigenvalue weighted by molar-refractivity contribution is 5.97. The van der Waals surface area contributed by atoms with Crippen molar-refractivity contribution in [3.8, 4) is 11.5 Å². The van der Waals surface area contributed by atoms with Crippen LogP contribution >= 0.6 is 0 Å². The van der Waals surface area contributed by atoms with Crippen molar-refractivity contribution in [2.45, 2.75) is 13.2 Å². The molecule has 5 nitrogen and oxygen atoms in total. The fourth-order valence-electron chi connectivity index (χ4n) is 1.53. The normalized spacial score (nSPS) is 18.5. The quantitative estimate of drug-likeness (QED) is 0.711. The molecule has 0 spiro atoms. The largest absolute Gasteiger partial charge is 0.508 e. The summed E-state index contributed by atoms with van der Waals surface area (Å²) in [5.41, 5.74) is 0.422. The summed E-state index contributed by atoms with van der Waals surface area (Å²) in [7, 11) is 0. The molecule has 0 saturated carbocycles. The molecule has 0 aromatic heterocycles. The zero-order valence-corrected chi connectivity index (χ0v) is 8.06. The van der Waals surface area contributed by atoms with Crippen molar-refractivity contribution in [2.24, 2.45) is 0 Å². The topological polar surface area (TPSA) is 76.0 Å². The van der Waals surface area contributed by atoms with Gasteiger partial charge in [0.2, 0.25) is 6.29 Å². The summed E-state index contributed by atoms with van der Waals surface area (Å²) in [5, 5.41) is 18.7. The lowest BCUT2D eigenvalue weighted by Gasteiger charge is -2.07. The lowest BCUT2D eigenvalue weighted by molar-refractivity contribution is -0.0548. The van der Waals surface area contributed by atoms with E-state index >= 15 is 0 Å². The zero-order chi connectivity index (χ0) is 11.0. The molecule has 5 heteroatoms. The number of esters is 1. The molecule has 0 bridgehead atoms. The van der Waals surface area contributed by atoms with Crippen LogP contribution in [0.4, 0.5) is 0 Å². The van der Waals surface area contributed by atoms with Gasteiger partial charge in [-0.2, -0.15) is 0 Å². The van der Waals surface area contributed by atoms with Crippen LogP contribution in [0.15, 0.2) is 12.1 Å². The van der Waals surface area contributed by atoms with E-state index in [1.54, 1.807) is 6.92 Å². The first-order chi connectivity index (χ1) is 7.13. The molecule has 0 saturated heterocycles. The monoisotopic (exact) mass is 210 g/mol. The Morgan fingerprint density at radius 3 is 2.93 bits per heavy atom. The summed E-state index contributed by atoms with van der Waals surface area (Å²) >= 11 is 0. The van der Waals surface area contributed by atoms with Crippen molar-refractivity contribution in [2.75, 3.05) is 6.61 Å². The predicted octanol–water partition coefficient (Wildman–Crippen LogP) is 0.952. The van der Waals surface area contributed by atoms with Crippen LogP contribution in [0.5, 0.6) is 11.5 Å². The summed E-state index contributed by atoms with van der Waals surface area (Å²) in [6.07, 6.45) is -1.32. The van der Waals surface area contributed by atoms with Crippen molar-refractivity contribution in [1.82, 2.24) is 0 Å². The smallest absolute Gasteiger partial charge is 0.345 e. The van der Waals surface area contributed by atoms with Crippen molar-refractivity contribution in [1.29, 1.82) is 0 Å². The van der Waals surface area contributed by atoms with Crippen LogP contribution in [-0.4, -0.2) is 22.8 Å². The molecule has 1 aliphatic rings. The number of carbonyl (C=O) groups excluding carboxylic acids is 1. The van der Waals surface area contributed by atoms with E-state index < -0.39 is 12.3 Å². The number of hydrogen-bond donors (Lipinski definition) is 2. The molecule has 1 atom stereocenters. The number of phenolic OH excluding ortho intramolecular Hbond substituents is 1. The molecule has 2 N–H and O–H groups in total. The first-order valence-electron chi connectivity index (χ1n) is 4.52. The average molecular weight is 210 g/mol. The molecular weight excluding hydrogens is 200 g/mol. The van der Waals surface area contributed by atoms with E-state index in [-0.39, 0.29) is 22.6 Å². The molecule has 1 aromatic rings. The number of hydrogen-bond acceptors (Lipinski definition) is 5. The number of aliphatic hydroxyl groups is 1. The van der Waals surface area contributed by atoms with E-state index in [1.807, 2.05) is 0 Å². The number of carbonyl (C=O) groups is 1. The van der Waals surface area contributed by atoms with Crippen LogP contribution < -0.4 is 4.74 Å². The number of aromatic hydroxyl groups is 1. The van der Waals surface area contributed by atoms with Gasteiger partial charge < -0.3 is 19.7 Å². The third-order valence-electron chi connectivity index (χ3n) is 2.11. The Hall–Kier alpha value is -1.75. The van der Waals surface area contributed by atoms with Gasteiger partial charge in [0, 0.05) is 11.6 Å². The van der Waals surface area contributed by atoms with Crippen LogP contribution in [0, 0.1) is 0 Å². The van der Waals surface area contributed by atoms with E-state index in [0.29, 0.717) is 6.61 Å². The maximum absolute atomic E-state index is 11.3. The Balaban J connectivity index is 2.57. The minimum atomic E-state index is -1.32. The number of rotatable bonds is 2. The second-order valence-corrected chi connectivity index (χ2v) is 3.10. The number of phenols is 1. The molecule has 80 valence electrons. The lowest BCUT2D eigenvalue weighted by atomic mass is 10.1. The molecular formula is C10H10O5. The van der Waals surface area contributed by atoms with Crippen molar-refractivity contribution in [3.63, 3.8) is 0 Å². The van der Waals surface area contributed by atoms with Gasteiger partial charge in [-0.05, 0) is 13.0 Å². The zero-order valence-electron chi connectivity index (χ0n) is 8.06. The maximum Gasteiger partial charge on any atom is 0.345 e. The fraction of sp³-hybridized carbons (Fsp3) is 0.300. The summed E-state index contributed by atoms with van der Waals surface area (Å²) in [6.45, 7) is 2.12. The van der Waals surface area contributed by atoms with E-state index in [1.165, 1.54) is 12.1 Å². The standard InChI is InChI=1S/C10H10O5/c1-2-14-7-4-5(11)3-6-8(7)10(13)15-9(6)12/h3-4,9,11-12H,2H2,1H3. The molecule has 1 aromatic carbocycles. The third-order valence-corrected chi connectivity index (χ3v) is 2.11. The van der Waals surface area contributed by atoms with Gasteiger partial charge in [0.15, 0.2) is 0 Å². The Morgan fingerprint density at radius 2 is 2.27 bits per heavy atom. The van der Waals surface area contributed by atoms with E-state index in [9.17, 15) is 15.0 Å². The van der Waals surface area contributed by atoms with Crippen LogP contribution in [0.25, 0.3) is 0 Å². The molecule has 1 aliphatic heterocycles. The predicted molar refractivity (Wildman–Crippen MR) is 49.7 cm³/mol. The summed E-state index contributed by atoms with van der Waals surface area (Å²) in [4.78, 5) is 11.3. The Labute approximate surface area is 85.9 Å². The van der Waals surface area contributed by atoms with Gasteiger partial charge in [0.25, 0.3) is 0 Å². The van der Waals surface area contributed by atoms with Crippen molar-refractivity contribution >= 4 is 5.97 Å². The number of ether oxygens (including phenoxy) is 2. The molecule has 0 fully saturated rings. The molecule has 0 radical (unpaired) electrons. The van der Waals surface area contributed by atoms with Gasteiger partial charge in [-0.3, -0.25) is 0 Å². The lowest BCUT2D eigenvalue weighted by Crippen LogP contribution is -2.01. The maximum atomic E-state index is 11.3. The van der Waals surface area contributed by atoms with Gasteiger partial charge in [-0.25, -0.2) is 4.79 Å². The fourth-order valence-corrected chi connectivity index (χ4v) is 1.53. The highest BCUT2D eigenvalue weighted by Crippen LogP contribution is 2.38. The van der Waals surface area contributed by atoms with Gasteiger partial charge in [-0.15, -0.1) is 0 Å². The van der Waals surface area contributed by atoms with E-state index in [4.69, 9.17) is 4.74 Å². The first-order valence-corrected chi connectivity index (χ1v) is 4.52. The molecule has 1 unspecified atom stereocenters. The second-order valence-electron chi connectivity index (χ2n) is 3.10. The van der Waals surface area contributed by atoms with Crippen molar-refractivity contribution < 1.29 is 24.5 Å². The number of aliphatic hydroxyl groups excluding tert-OH is 1. The third kappa shape index (κ3) is 1.50. The van der Waals surface area contributed by atoms with Gasteiger partial charge >= 0.3 is 5.97 Å². The van der Waals surface area contributed by atoms with E-state index in [0.717, 1.165) is 0 Å². The van der Waals surface area contributed by atoms with Crippen molar-refractivity contribution in [3.05, 3.63) is 23.3 Å².